The average molecular weight is 421 g/mol. The molecule has 2 unspecified atom stereocenters. The molecule has 2 aromatic carbocycles. The molecule has 4 rings (SSSR count). The molecule has 0 radical (unpaired) electrons. The molecule has 1 fully saturated rings. The molecule has 5 nitrogen and oxygen atoms in total. The molecule has 2 aliphatic heterocycles. The van der Waals surface area contributed by atoms with E-state index < -0.39 is 0 Å². The molecule has 2 atom stereocenters. The highest BCUT2D eigenvalue weighted by molar-refractivity contribution is 6.07. The van der Waals surface area contributed by atoms with Crippen LogP contribution in [0.25, 0.3) is 0 Å². The van der Waals surface area contributed by atoms with Gasteiger partial charge in [0.1, 0.15) is 5.75 Å². The van der Waals surface area contributed by atoms with Gasteiger partial charge >= 0.3 is 0 Å². The minimum Gasteiger partial charge on any atom is -0.484 e. The molecule has 0 saturated carbocycles. The van der Waals surface area contributed by atoms with E-state index in [1.54, 1.807) is 24.3 Å². The van der Waals surface area contributed by atoms with Gasteiger partial charge in [0, 0.05) is 24.2 Å². The van der Waals surface area contributed by atoms with Crippen LogP contribution in [-0.4, -0.2) is 41.9 Å². The van der Waals surface area contributed by atoms with Crippen molar-refractivity contribution in [3.05, 3.63) is 59.2 Å². The first kappa shape index (κ1) is 21.4. The van der Waals surface area contributed by atoms with E-state index in [1.165, 1.54) is 12.0 Å². The third-order valence-electron chi connectivity index (χ3n) is 6.61. The topological polar surface area (TPSA) is 49.9 Å². The second-order valence-corrected chi connectivity index (χ2v) is 8.89. The number of para-hydroxylation sites is 1. The van der Waals surface area contributed by atoms with Gasteiger partial charge in [-0.25, -0.2) is 0 Å². The van der Waals surface area contributed by atoms with Gasteiger partial charge in [0.2, 0.25) is 0 Å². The van der Waals surface area contributed by atoms with E-state index in [0.717, 1.165) is 43.5 Å². The summed E-state index contributed by atoms with van der Waals surface area (Å²) in [7, 11) is 0. The zero-order valence-corrected chi connectivity index (χ0v) is 18.8. The Balaban J connectivity index is 1.41. The Labute approximate surface area is 185 Å². The number of anilines is 1. The number of hydrogen-bond donors (Lipinski definition) is 0. The van der Waals surface area contributed by atoms with Crippen molar-refractivity contribution >= 4 is 17.5 Å². The van der Waals surface area contributed by atoms with Gasteiger partial charge in [-0.05, 0) is 88.3 Å². The van der Waals surface area contributed by atoms with E-state index in [1.807, 2.05) is 9.80 Å². The number of benzene rings is 2. The van der Waals surface area contributed by atoms with Gasteiger partial charge in [-0.3, -0.25) is 9.59 Å². The standard InChI is InChI=1S/C26H32N2O3/c1-18-7-4-10-21-11-6-16-27(25(18)21)26(30)22-12-14-23(15-13-22)31-17-24(29)28-19(2)8-5-9-20(28)3/h4,7,10,12-15,19-20H,5-6,8-9,11,16-17H2,1-3H3. The first-order chi connectivity index (χ1) is 15.0. The van der Waals surface area contributed by atoms with Gasteiger partial charge < -0.3 is 14.5 Å². The molecular formula is C26H32N2O3. The largest absolute Gasteiger partial charge is 0.484 e. The van der Waals surface area contributed by atoms with Crippen molar-refractivity contribution in [2.24, 2.45) is 0 Å². The molecule has 2 aliphatic rings. The Morgan fingerprint density at radius 2 is 1.71 bits per heavy atom. The van der Waals surface area contributed by atoms with E-state index in [9.17, 15) is 9.59 Å². The number of amides is 2. The summed E-state index contributed by atoms with van der Waals surface area (Å²) in [5.74, 6) is 0.645. The highest BCUT2D eigenvalue weighted by Crippen LogP contribution is 2.32. The van der Waals surface area contributed by atoms with Crippen LogP contribution in [0.2, 0.25) is 0 Å². The summed E-state index contributed by atoms with van der Waals surface area (Å²) >= 11 is 0. The van der Waals surface area contributed by atoms with Crippen molar-refractivity contribution in [3.8, 4) is 5.75 Å². The first-order valence-corrected chi connectivity index (χ1v) is 11.4. The third kappa shape index (κ3) is 4.46. The van der Waals surface area contributed by atoms with Gasteiger partial charge in [-0.15, -0.1) is 0 Å². The summed E-state index contributed by atoms with van der Waals surface area (Å²) in [6.07, 6.45) is 5.25. The van der Waals surface area contributed by atoms with E-state index in [0.29, 0.717) is 11.3 Å². The van der Waals surface area contributed by atoms with E-state index >= 15 is 0 Å². The SMILES string of the molecule is Cc1cccc2c1N(C(=O)c1ccc(OCC(=O)N3C(C)CCCC3C)cc1)CCC2. The highest BCUT2D eigenvalue weighted by atomic mass is 16.5. The van der Waals surface area contributed by atoms with E-state index in [4.69, 9.17) is 4.74 Å². The summed E-state index contributed by atoms with van der Waals surface area (Å²) in [5, 5.41) is 0. The number of nitrogens with zero attached hydrogens (tertiary/aromatic N) is 2. The number of fused-ring (bicyclic) bond motifs is 1. The molecule has 31 heavy (non-hydrogen) atoms. The second kappa shape index (κ2) is 9.13. The van der Waals surface area contributed by atoms with Crippen LogP contribution in [0.5, 0.6) is 5.75 Å². The van der Waals surface area contributed by atoms with Crippen LogP contribution < -0.4 is 9.64 Å². The zero-order chi connectivity index (χ0) is 22.0. The number of carbonyl (C=O) groups excluding carboxylic acids is 2. The van der Waals surface area contributed by atoms with Crippen molar-refractivity contribution in [2.75, 3.05) is 18.1 Å². The molecule has 0 N–H and O–H groups in total. The molecule has 164 valence electrons. The molecule has 0 aromatic heterocycles. The Hall–Kier alpha value is -2.82. The molecule has 2 amide bonds. The fraction of sp³-hybridized carbons (Fsp3) is 0.462. The van der Waals surface area contributed by atoms with Crippen molar-refractivity contribution in [3.63, 3.8) is 0 Å². The Morgan fingerprint density at radius 3 is 2.42 bits per heavy atom. The Kier molecular flexibility index (Phi) is 6.30. The maximum absolute atomic E-state index is 13.2. The average Bonchev–Trinajstić information content (AvgIpc) is 2.77. The maximum Gasteiger partial charge on any atom is 0.260 e. The molecular weight excluding hydrogens is 388 g/mol. The van der Waals surface area contributed by atoms with Crippen LogP contribution in [-0.2, 0) is 11.2 Å². The molecule has 0 spiro atoms. The lowest BCUT2D eigenvalue weighted by molar-refractivity contribution is -0.139. The van der Waals surface area contributed by atoms with Crippen LogP contribution in [0.4, 0.5) is 5.69 Å². The fourth-order valence-corrected chi connectivity index (χ4v) is 5.03. The number of piperidine rings is 1. The predicted octanol–water partition coefficient (Wildman–Crippen LogP) is 4.76. The Bertz CT molecular complexity index is 944. The molecule has 2 heterocycles. The van der Waals surface area contributed by atoms with Crippen LogP contribution >= 0.6 is 0 Å². The number of carbonyl (C=O) groups is 2. The van der Waals surface area contributed by atoms with Gasteiger partial charge in [0.15, 0.2) is 6.61 Å². The van der Waals surface area contributed by atoms with Crippen molar-refractivity contribution in [1.82, 2.24) is 4.90 Å². The molecule has 2 aromatic rings. The molecule has 0 bridgehead atoms. The summed E-state index contributed by atoms with van der Waals surface area (Å²) in [6.45, 7) is 7.03. The second-order valence-electron chi connectivity index (χ2n) is 8.89. The quantitative estimate of drug-likeness (QED) is 0.717. The summed E-state index contributed by atoms with van der Waals surface area (Å²) in [6, 6.07) is 13.9. The third-order valence-corrected chi connectivity index (χ3v) is 6.61. The lowest BCUT2D eigenvalue weighted by atomic mass is 9.97. The lowest BCUT2D eigenvalue weighted by Crippen LogP contribution is -2.49. The number of rotatable bonds is 4. The van der Waals surface area contributed by atoms with Crippen LogP contribution in [0, 0.1) is 6.92 Å². The molecule has 0 aliphatic carbocycles. The summed E-state index contributed by atoms with van der Waals surface area (Å²) in [4.78, 5) is 29.7. The maximum atomic E-state index is 13.2. The zero-order valence-electron chi connectivity index (χ0n) is 18.8. The van der Waals surface area contributed by atoms with E-state index in [2.05, 4.69) is 39.0 Å². The molecule has 5 heteroatoms. The minimum absolute atomic E-state index is 0.00819. The highest BCUT2D eigenvalue weighted by Gasteiger charge is 2.29. The number of likely N-dealkylation sites (tertiary alicyclic amines) is 1. The summed E-state index contributed by atoms with van der Waals surface area (Å²) in [5.41, 5.74) is 4.05. The van der Waals surface area contributed by atoms with Crippen molar-refractivity contribution < 1.29 is 14.3 Å². The van der Waals surface area contributed by atoms with E-state index in [-0.39, 0.29) is 30.5 Å². The monoisotopic (exact) mass is 420 g/mol. The van der Waals surface area contributed by atoms with Crippen LogP contribution in [0.3, 0.4) is 0 Å². The van der Waals surface area contributed by atoms with Crippen LogP contribution in [0.15, 0.2) is 42.5 Å². The lowest BCUT2D eigenvalue weighted by Gasteiger charge is -2.38. The predicted molar refractivity (Wildman–Crippen MR) is 123 cm³/mol. The number of hydrogen-bond acceptors (Lipinski definition) is 3. The van der Waals surface area contributed by atoms with Gasteiger partial charge in [0.25, 0.3) is 11.8 Å². The fourth-order valence-electron chi connectivity index (χ4n) is 5.03. The van der Waals surface area contributed by atoms with Gasteiger partial charge in [-0.1, -0.05) is 18.2 Å². The normalized spacial score (nSPS) is 20.9. The summed E-state index contributed by atoms with van der Waals surface area (Å²) < 4.78 is 5.76. The number of aryl methyl sites for hydroxylation is 2. The smallest absolute Gasteiger partial charge is 0.260 e. The van der Waals surface area contributed by atoms with Gasteiger partial charge in [-0.2, -0.15) is 0 Å². The first-order valence-electron chi connectivity index (χ1n) is 11.4. The molecule has 1 saturated heterocycles. The van der Waals surface area contributed by atoms with Gasteiger partial charge in [0.05, 0.1) is 5.69 Å². The van der Waals surface area contributed by atoms with Crippen molar-refractivity contribution in [2.45, 2.75) is 65.0 Å². The van der Waals surface area contributed by atoms with Crippen LogP contribution in [0.1, 0.15) is 61.0 Å². The Morgan fingerprint density at radius 1 is 1.00 bits per heavy atom. The minimum atomic E-state index is 0.00819. The van der Waals surface area contributed by atoms with Crippen molar-refractivity contribution in [1.29, 1.82) is 0 Å². The number of ether oxygens (including phenoxy) is 1.